The second-order valence-corrected chi connectivity index (χ2v) is 18.6. The lowest BCUT2D eigenvalue weighted by Crippen LogP contribution is -2.58. The summed E-state index contributed by atoms with van der Waals surface area (Å²) < 4.78 is 0. The summed E-state index contributed by atoms with van der Waals surface area (Å²) in [6, 6.07) is 18.1. The summed E-state index contributed by atoms with van der Waals surface area (Å²) in [5.74, 6) is -5.92. The molecule has 2 atom stereocenters. The molecule has 0 bridgehead atoms. The second-order valence-electron chi connectivity index (χ2n) is 18.6. The molecule has 300 valence electrons. The van der Waals surface area contributed by atoms with Gasteiger partial charge in [-0.15, -0.1) is 0 Å². The maximum atomic E-state index is 14.5. The molecule has 5 aromatic carbocycles. The largest absolute Gasteiger partial charge is 0.281 e. The fraction of sp³-hybridized carbons (Fsp3) is 0.292. The number of carbonyl (C=O) groups excluding carboxylic acids is 8. The quantitative estimate of drug-likeness (QED) is 0.166. The Hall–Kier alpha value is -6.82. The van der Waals surface area contributed by atoms with E-state index in [-0.39, 0.29) is 82.9 Å². The van der Waals surface area contributed by atoms with Gasteiger partial charge in [-0.25, -0.2) is 4.90 Å². The molecule has 0 aromatic heterocycles. The van der Waals surface area contributed by atoms with Crippen LogP contribution in [0, 0.1) is 11.3 Å². The van der Waals surface area contributed by atoms with Gasteiger partial charge in [0.05, 0.1) is 27.9 Å². The number of anilines is 1. The van der Waals surface area contributed by atoms with Gasteiger partial charge in [-0.2, -0.15) is 10.0 Å². The van der Waals surface area contributed by atoms with Crippen LogP contribution < -0.4 is 4.90 Å². The zero-order valence-electron chi connectivity index (χ0n) is 34.0. The molecule has 8 amide bonds. The van der Waals surface area contributed by atoms with Crippen LogP contribution in [-0.4, -0.2) is 68.2 Å². The van der Waals surface area contributed by atoms with Gasteiger partial charge in [-0.3, -0.25) is 43.3 Å². The molecule has 0 saturated heterocycles. The number of amides is 8. The van der Waals surface area contributed by atoms with Crippen molar-refractivity contribution in [3.8, 4) is 0 Å². The zero-order chi connectivity index (χ0) is 42.5. The van der Waals surface area contributed by atoms with Crippen molar-refractivity contribution in [3.05, 3.63) is 123 Å². The maximum absolute atomic E-state index is 14.5. The molecule has 1 aliphatic carbocycles. The van der Waals surface area contributed by atoms with Crippen LogP contribution in [0.25, 0.3) is 21.5 Å². The fourth-order valence-electron chi connectivity index (χ4n) is 9.97. The van der Waals surface area contributed by atoms with Gasteiger partial charge in [0.15, 0.2) is 0 Å². The van der Waals surface area contributed by atoms with Gasteiger partial charge in [0.1, 0.15) is 0 Å². The van der Waals surface area contributed by atoms with Crippen molar-refractivity contribution in [1.82, 2.24) is 14.9 Å². The first kappa shape index (κ1) is 37.5. The van der Waals surface area contributed by atoms with E-state index in [1.807, 2.05) is 26.8 Å². The summed E-state index contributed by atoms with van der Waals surface area (Å²) in [6.45, 7) is 12.6. The molecule has 10 rings (SSSR count). The first-order valence-corrected chi connectivity index (χ1v) is 20.2. The van der Waals surface area contributed by atoms with Crippen molar-refractivity contribution in [2.75, 3.05) is 4.90 Å². The molecule has 4 aliphatic heterocycles. The average Bonchev–Trinajstić information content (AvgIpc) is 3.21. The molecule has 4 heterocycles. The van der Waals surface area contributed by atoms with Crippen LogP contribution in [-0.2, 0) is 5.41 Å². The third kappa shape index (κ3) is 4.96. The monoisotopic (exact) mass is 800 g/mol. The average molecular weight is 801 g/mol. The Balaban J connectivity index is 1.02. The van der Waals surface area contributed by atoms with E-state index >= 15 is 0 Å². The van der Waals surface area contributed by atoms with Gasteiger partial charge in [0.2, 0.25) is 0 Å². The molecule has 5 aliphatic rings. The van der Waals surface area contributed by atoms with E-state index in [0.717, 1.165) is 23.3 Å². The molecule has 1 saturated carbocycles. The van der Waals surface area contributed by atoms with Crippen LogP contribution in [0.15, 0.2) is 72.8 Å². The lowest BCUT2D eigenvalue weighted by atomic mass is 9.70. The van der Waals surface area contributed by atoms with Crippen LogP contribution in [0.1, 0.15) is 156 Å². The Morgan fingerprint density at radius 1 is 0.467 bits per heavy atom. The Morgan fingerprint density at radius 2 is 0.850 bits per heavy atom. The smallest absolute Gasteiger partial charge is 0.271 e. The highest BCUT2D eigenvalue weighted by Crippen LogP contribution is 2.45. The number of rotatable bonds is 3. The van der Waals surface area contributed by atoms with Crippen molar-refractivity contribution >= 4 is 74.5 Å². The van der Waals surface area contributed by atoms with E-state index < -0.39 is 47.3 Å². The Bertz CT molecular complexity index is 2810. The highest BCUT2D eigenvalue weighted by Gasteiger charge is 2.49. The number of hydrazine groups is 1. The van der Waals surface area contributed by atoms with Crippen molar-refractivity contribution in [2.24, 2.45) is 11.3 Å². The van der Waals surface area contributed by atoms with E-state index in [1.54, 1.807) is 18.2 Å². The molecule has 12 nitrogen and oxygen atoms in total. The minimum atomic E-state index is -1.01. The number of imide groups is 4. The first-order chi connectivity index (χ1) is 28.4. The Kier molecular flexibility index (Phi) is 7.71. The third-order valence-corrected chi connectivity index (χ3v) is 13.2. The van der Waals surface area contributed by atoms with E-state index in [0.29, 0.717) is 34.5 Å². The van der Waals surface area contributed by atoms with Crippen LogP contribution in [0.2, 0.25) is 0 Å². The van der Waals surface area contributed by atoms with Crippen LogP contribution in [0.5, 0.6) is 0 Å². The number of benzene rings is 5. The van der Waals surface area contributed by atoms with Gasteiger partial charge in [-0.1, -0.05) is 60.1 Å². The number of nitrogens with zero attached hydrogens (tertiary/aromatic N) is 4. The minimum Gasteiger partial charge on any atom is -0.271 e. The van der Waals surface area contributed by atoms with Crippen molar-refractivity contribution < 1.29 is 38.4 Å². The summed E-state index contributed by atoms with van der Waals surface area (Å²) in [5.41, 5.74) is 1.34. The fourth-order valence-corrected chi connectivity index (χ4v) is 9.97. The highest BCUT2D eigenvalue weighted by atomic mass is 16.2. The van der Waals surface area contributed by atoms with Gasteiger partial charge in [0.25, 0.3) is 47.3 Å². The van der Waals surface area contributed by atoms with Crippen LogP contribution in [0.3, 0.4) is 0 Å². The molecule has 0 radical (unpaired) electrons. The molecule has 0 N–H and O–H groups in total. The van der Waals surface area contributed by atoms with Crippen molar-refractivity contribution in [2.45, 2.75) is 78.7 Å². The third-order valence-electron chi connectivity index (χ3n) is 13.2. The lowest BCUT2D eigenvalue weighted by molar-refractivity contribution is 0.00211. The van der Waals surface area contributed by atoms with E-state index in [2.05, 4.69) is 20.8 Å². The summed E-state index contributed by atoms with van der Waals surface area (Å²) in [7, 11) is 0. The van der Waals surface area contributed by atoms with Gasteiger partial charge in [0, 0.05) is 49.8 Å². The normalized spacial score (nSPS) is 20.4. The van der Waals surface area contributed by atoms with Gasteiger partial charge >= 0.3 is 0 Å². The molecule has 12 heteroatoms. The minimum absolute atomic E-state index is 0.00275. The second kappa shape index (κ2) is 12.4. The SMILES string of the molecule is CC(C)(C)c1cccc(N2C(=O)c3ccc4c5c(ccc(c35)C2=O)C(=O)N(N2C(=O)c3ccc5c6c(ccc(c36)C2=O)C(=O)N(C2CCCC(C(C)(C)C)C2)C5=O)C4=O)c1. The number of hydrogen-bond donors (Lipinski definition) is 0. The predicted octanol–water partition coefficient (Wildman–Crippen LogP) is 8.10. The Morgan fingerprint density at radius 3 is 1.23 bits per heavy atom. The van der Waals surface area contributed by atoms with Gasteiger partial charge < -0.3 is 0 Å². The van der Waals surface area contributed by atoms with Gasteiger partial charge in [-0.05, 0) is 102 Å². The number of hydrogen-bond acceptors (Lipinski definition) is 8. The molecule has 2 unspecified atom stereocenters. The molecular formula is C48H40N4O8. The molecule has 0 spiro atoms. The van der Waals surface area contributed by atoms with E-state index in [4.69, 9.17) is 0 Å². The van der Waals surface area contributed by atoms with E-state index in [1.165, 1.54) is 53.4 Å². The van der Waals surface area contributed by atoms with Crippen molar-refractivity contribution in [1.29, 1.82) is 0 Å². The van der Waals surface area contributed by atoms with Crippen LogP contribution in [0.4, 0.5) is 5.69 Å². The standard InChI is InChI=1S/C48H40N4O8/c1-47(2,3)23-9-7-11-25(21-23)49-39(53)27-13-17-31-37-32(18-14-28(35(27)37)40(49)54)44(58)51(43(31)57)52-45(59)33-19-15-29-36-30(16-20-34(38(33)36)46(52)60)42(56)50(41(29)55)26-12-8-10-24(22-26)48(4,5)6/h7,9,11,13-21,24,26H,8,10,12,22H2,1-6H3. The number of carbonyl (C=O) groups is 8. The summed E-state index contributed by atoms with van der Waals surface area (Å²) in [5, 5.41) is 1.51. The lowest BCUT2D eigenvalue weighted by Gasteiger charge is -2.43. The van der Waals surface area contributed by atoms with Crippen LogP contribution >= 0.6 is 0 Å². The zero-order valence-corrected chi connectivity index (χ0v) is 34.0. The molecule has 60 heavy (non-hydrogen) atoms. The first-order valence-electron chi connectivity index (χ1n) is 20.2. The predicted molar refractivity (Wildman–Crippen MR) is 221 cm³/mol. The highest BCUT2D eigenvalue weighted by molar-refractivity contribution is 6.40. The molecular weight excluding hydrogens is 761 g/mol. The van der Waals surface area contributed by atoms with Crippen molar-refractivity contribution in [3.63, 3.8) is 0 Å². The summed E-state index contributed by atoms with van der Waals surface area (Å²) in [6.07, 6.45) is 3.24. The summed E-state index contributed by atoms with van der Waals surface area (Å²) in [4.78, 5) is 117. The summed E-state index contributed by atoms with van der Waals surface area (Å²) >= 11 is 0. The van der Waals surface area contributed by atoms with E-state index in [9.17, 15) is 38.4 Å². The Labute approximate surface area is 344 Å². The molecule has 1 fully saturated rings. The topological polar surface area (TPSA) is 150 Å². The maximum Gasteiger partial charge on any atom is 0.281 e. The molecule has 5 aromatic rings.